The summed E-state index contributed by atoms with van der Waals surface area (Å²) >= 11 is 0. The zero-order chi connectivity index (χ0) is 14.2. The highest BCUT2D eigenvalue weighted by atomic mass is 16.5. The third-order valence-corrected chi connectivity index (χ3v) is 4.08. The molecule has 1 fully saturated rings. The van der Waals surface area contributed by atoms with E-state index in [2.05, 4.69) is 23.1 Å². The quantitative estimate of drug-likeness (QED) is 0.765. The van der Waals surface area contributed by atoms with Crippen molar-refractivity contribution in [3.63, 3.8) is 0 Å². The topological polar surface area (TPSA) is 21.7 Å². The first-order valence-corrected chi connectivity index (χ1v) is 7.66. The van der Waals surface area contributed by atoms with Crippen molar-refractivity contribution in [2.75, 3.05) is 40.5 Å². The van der Waals surface area contributed by atoms with Crippen molar-refractivity contribution in [1.29, 1.82) is 0 Å². The monoisotopic (exact) mass is 277 g/mol. The van der Waals surface area contributed by atoms with Crippen LogP contribution in [-0.2, 0) is 11.2 Å². The Morgan fingerprint density at radius 3 is 3.00 bits per heavy atom. The van der Waals surface area contributed by atoms with Gasteiger partial charge in [0, 0.05) is 13.7 Å². The van der Waals surface area contributed by atoms with Gasteiger partial charge in [0.15, 0.2) is 0 Å². The number of methoxy groups -OCH3 is 2. The van der Waals surface area contributed by atoms with Crippen LogP contribution in [0.15, 0.2) is 24.3 Å². The lowest BCUT2D eigenvalue weighted by molar-refractivity contribution is 0.0902. The summed E-state index contributed by atoms with van der Waals surface area (Å²) in [4.78, 5) is 2.59. The summed E-state index contributed by atoms with van der Waals surface area (Å²) < 4.78 is 10.6. The van der Waals surface area contributed by atoms with Gasteiger partial charge in [-0.25, -0.2) is 0 Å². The maximum atomic E-state index is 5.29. The Kier molecular flexibility index (Phi) is 6.34. The number of piperidine rings is 1. The molecule has 112 valence electrons. The van der Waals surface area contributed by atoms with Gasteiger partial charge in [0.25, 0.3) is 0 Å². The number of benzene rings is 1. The highest BCUT2D eigenvalue weighted by Gasteiger charge is 2.19. The molecule has 1 aliphatic heterocycles. The number of ether oxygens (including phenoxy) is 2. The van der Waals surface area contributed by atoms with E-state index in [9.17, 15) is 0 Å². The van der Waals surface area contributed by atoms with Gasteiger partial charge in [0.05, 0.1) is 13.7 Å². The van der Waals surface area contributed by atoms with E-state index in [1.165, 1.54) is 44.5 Å². The molecule has 0 bridgehead atoms. The van der Waals surface area contributed by atoms with Gasteiger partial charge in [-0.1, -0.05) is 12.1 Å². The zero-order valence-corrected chi connectivity index (χ0v) is 12.8. The summed E-state index contributed by atoms with van der Waals surface area (Å²) in [7, 11) is 3.53. The summed E-state index contributed by atoms with van der Waals surface area (Å²) in [5.41, 5.74) is 1.37. The van der Waals surface area contributed by atoms with Gasteiger partial charge < -0.3 is 14.4 Å². The van der Waals surface area contributed by atoms with Gasteiger partial charge in [-0.3, -0.25) is 0 Å². The van der Waals surface area contributed by atoms with Crippen LogP contribution in [0, 0.1) is 5.92 Å². The number of hydrogen-bond acceptors (Lipinski definition) is 3. The lowest BCUT2D eigenvalue weighted by Crippen LogP contribution is -2.37. The number of hydrogen-bond donors (Lipinski definition) is 0. The van der Waals surface area contributed by atoms with Crippen LogP contribution in [0.2, 0.25) is 0 Å². The summed E-state index contributed by atoms with van der Waals surface area (Å²) in [6.07, 6.45) is 4.98. The minimum Gasteiger partial charge on any atom is -0.497 e. The van der Waals surface area contributed by atoms with Crippen molar-refractivity contribution in [3.8, 4) is 5.75 Å². The Morgan fingerprint density at radius 2 is 2.20 bits per heavy atom. The van der Waals surface area contributed by atoms with Crippen LogP contribution in [0.25, 0.3) is 0 Å². The van der Waals surface area contributed by atoms with Crippen LogP contribution < -0.4 is 4.74 Å². The van der Waals surface area contributed by atoms with Crippen molar-refractivity contribution in [2.45, 2.75) is 25.7 Å². The van der Waals surface area contributed by atoms with Crippen molar-refractivity contribution >= 4 is 0 Å². The average molecular weight is 277 g/mol. The number of nitrogens with zero attached hydrogens (tertiary/aromatic N) is 1. The Morgan fingerprint density at radius 1 is 1.30 bits per heavy atom. The lowest BCUT2D eigenvalue weighted by Gasteiger charge is -2.32. The second-order valence-electron chi connectivity index (χ2n) is 5.72. The molecular formula is C17H27NO2. The lowest BCUT2D eigenvalue weighted by atomic mass is 9.98. The van der Waals surface area contributed by atoms with E-state index in [0.717, 1.165) is 24.7 Å². The molecule has 0 aromatic heterocycles. The van der Waals surface area contributed by atoms with Gasteiger partial charge in [0.2, 0.25) is 0 Å². The highest BCUT2D eigenvalue weighted by Crippen LogP contribution is 2.18. The first-order valence-electron chi connectivity index (χ1n) is 7.66. The molecule has 0 radical (unpaired) electrons. The molecule has 0 amide bonds. The SMILES string of the molecule is COC[C@H]1CCCN(CCCc2cccc(OC)c2)C1. The van der Waals surface area contributed by atoms with Crippen molar-refractivity contribution < 1.29 is 9.47 Å². The normalized spacial score (nSPS) is 20.0. The van der Waals surface area contributed by atoms with Crippen molar-refractivity contribution in [2.24, 2.45) is 5.92 Å². The van der Waals surface area contributed by atoms with Crippen LogP contribution in [0.5, 0.6) is 5.75 Å². The molecule has 20 heavy (non-hydrogen) atoms. The van der Waals surface area contributed by atoms with Crippen molar-refractivity contribution in [3.05, 3.63) is 29.8 Å². The third kappa shape index (κ3) is 4.80. The summed E-state index contributed by atoms with van der Waals surface area (Å²) in [5, 5.41) is 0. The molecule has 1 saturated heterocycles. The van der Waals surface area contributed by atoms with Crippen molar-refractivity contribution in [1.82, 2.24) is 4.90 Å². The molecule has 1 atom stereocenters. The fourth-order valence-electron chi connectivity index (χ4n) is 3.06. The molecule has 1 aliphatic rings. The number of aryl methyl sites for hydroxylation is 1. The Balaban J connectivity index is 1.72. The second-order valence-corrected chi connectivity index (χ2v) is 5.72. The summed E-state index contributed by atoms with van der Waals surface area (Å²) in [5.74, 6) is 1.69. The standard InChI is InChI=1S/C17H27NO2/c1-19-14-16-8-5-11-18(13-16)10-4-7-15-6-3-9-17(12-15)20-2/h3,6,9,12,16H,4-5,7-8,10-11,13-14H2,1-2H3/t16-/m0/s1. The molecule has 3 heteroatoms. The molecule has 1 aromatic rings. The van der Waals surface area contributed by atoms with Crippen LogP contribution in [0.1, 0.15) is 24.8 Å². The van der Waals surface area contributed by atoms with Crippen LogP contribution in [-0.4, -0.2) is 45.4 Å². The molecule has 0 saturated carbocycles. The van der Waals surface area contributed by atoms with Gasteiger partial charge in [-0.05, 0) is 62.4 Å². The minimum absolute atomic E-state index is 0.727. The van der Waals surface area contributed by atoms with Crippen LogP contribution in [0.3, 0.4) is 0 Å². The molecule has 1 heterocycles. The molecule has 1 aromatic carbocycles. The van der Waals surface area contributed by atoms with E-state index >= 15 is 0 Å². The first-order chi connectivity index (χ1) is 9.81. The Labute approximate surface area is 122 Å². The highest BCUT2D eigenvalue weighted by molar-refractivity contribution is 5.28. The molecule has 0 N–H and O–H groups in total. The maximum absolute atomic E-state index is 5.29. The van der Waals surface area contributed by atoms with E-state index in [0.29, 0.717) is 0 Å². The Bertz CT molecular complexity index is 392. The molecule has 2 rings (SSSR count). The summed E-state index contributed by atoms with van der Waals surface area (Å²) in [6.45, 7) is 4.55. The molecule has 0 unspecified atom stereocenters. The van der Waals surface area contributed by atoms with E-state index in [-0.39, 0.29) is 0 Å². The third-order valence-electron chi connectivity index (χ3n) is 4.08. The van der Waals surface area contributed by atoms with Gasteiger partial charge in [0.1, 0.15) is 5.75 Å². The fourth-order valence-corrected chi connectivity index (χ4v) is 3.06. The minimum atomic E-state index is 0.727. The van der Waals surface area contributed by atoms with Crippen LogP contribution in [0.4, 0.5) is 0 Å². The molecule has 3 nitrogen and oxygen atoms in total. The van der Waals surface area contributed by atoms with E-state index in [1.54, 1.807) is 7.11 Å². The first kappa shape index (κ1) is 15.3. The predicted molar refractivity (Wildman–Crippen MR) is 82.4 cm³/mol. The average Bonchev–Trinajstić information content (AvgIpc) is 2.48. The summed E-state index contributed by atoms with van der Waals surface area (Å²) in [6, 6.07) is 8.41. The molecular weight excluding hydrogens is 250 g/mol. The van der Waals surface area contributed by atoms with E-state index < -0.39 is 0 Å². The van der Waals surface area contributed by atoms with E-state index in [4.69, 9.17) is 9.47 Å². The molecule has 0 aliphatic carbocycles. The van der Waals surface area contributed by atoms with Crippen LogP contribution >= 0.6 is 0 Å². The smallest absolute Gasteiger partial charge is 0.119 e. The number of rotatable bonds is 7. The predicted octanol–water partition coefficient (Wildman–Crippen LogP) is 2.99. The maximum Gasteiger partial charge on any atom is 0.119 e. The van der Waals surface area contributed by atoms with E-state index in [1.807, 2.05) is 13.2 Å². The molecule has 0 spiro atoms. The van der Waals surface area contributed by atoms with Gasteiger partial charge >= 0.3 is 0 Å². The second kappa shape index (κ2) is 8.28. The van der Waals surface area contributed by atoms with Gasteiger partial charge in [-0.15, -0.1) is 0 Å². The Hall–Kier alpha value is -1.06. The fraction of sp³-hybridized carbons (Fsp3) is 0.647. The number of likely N-dealkylation sites (tertiary alicyclic amines) is 1. The zero-order valence-electron chi connectivity index (χ0n) is 12.8. The van der Waals surface area contributed by atoms with Gasteiger partial charge in [-0.2, -0.15) is 0 Å². The largest absolute Gasteiger partial charge is 0.497 e.